The maximum Gasteiger partial charge on any atom is 0.123 e. The first-order valence-electron chi connectivity index (χ1n) is 4.96. The molecule has 0 fully saturated rings. The van der Waals surface area contributed by atoms with Gasteiger partial charge >= 0.3 is 0 Å². The van der Waals surface area contributed by atoms with Crippen LogP contribution in [0.4, 0.5) is 4.39 Å². The Morgan fingerprint density at radius 2 is 2.07 bits per heavy atom. The molecule has 1 nitrogen and oxygen atoms in total. The Morgan fingerprint density at radius 1 is 1.47 bits per heavy atom. The molecule has 0 aliphatic rings. The minimum Gasteiger partial charge on any atom is -0.393 e. The third-order valence-electron chi connectivity index (χ3n) is 2.46. The van der Waals surface area contributed by atoms with Crippen molar-refractivity contribution in [3.05, 3.63) is 34.6 Å². The molecule has 1 N–H and O–H groups in total. The average Bonchev–Trinajstić information content (AvgIpc) is 2.06. The summed E-state index contributed by atoms with van der Waals surface area (Å²) in [5.41, 5.74) is 0.415. The van der Waals surface area contributed by atoms with E-state index in [0.717, 1.165) is 5.56 Å². The van der Waals surface area contributed by atoms with Crippen molar-refractivity contribution < 1.29 is 9.50 Å². The Balaban J connectivity index is 3.08. The summed E-state index contributed by atoms with van der Waals surface area (Å²) in [5.74, 6) is -0.298. The molecule has 84 valence electrons. The van der Waals surface area contributed by atoms with Crippen molar-refractivity contribution in [2.75, 3.05) is 0 Å². The highest BCUT2D eigenvalue weighted by Crippen LogP contribution is 2.34. The van der Waals surface area contributed by atoms with Gasteiger partial charge in [-0.3, -0.25) is 0 Å². The number of aliphatic hydroxyl groups excluding tert-OH is 1. The number of aliphatic hydroxyl groups is 1. The van der Waals surface area contributed by atoms with Gasteiger partial charge in [-0.1, -0.05) is 25.4 Å². The highest BCUT2D eigenvalue weighted by Gasteiger charge is 2.25. The third kappa shape index (κ3) is 3.18. The monoisotopic (exact) mass is 230 g/mol. The fourth-order valence-electron chi connectivity index (χ4n) is 1.86. The molecule has 0 spiro atoms. The summed E-state index contributed by atoms with van der Waals surface area (Å²) in [6.45, 7) is 5.61. The van der Waals surface area contributed by atoms with Gasteiger partial charge in [0.2, 0.25) is 0 Å². The first-order chi connectivity index (χ1) is 6.83. The number of halogens is 2. The van der Waals surface area contributed by atoms with E-state index in [0.29, 0.717) is 11.4 Å². The van der Waals surface area contributed by atoms with E-state index in [4.69, 9.17) is 11.6 Å². The topological polar surface area (TPSA) is 20.2 Å². The van der Waals surface area contributed by atoms with E-state index in [1.807, 2.05) is 13.8 Å². The smallest absolute Gasteiger partial charge is 0.123 e. The van der Waals surface area contributed by atoms with E-state index >= 15 is 0 Å². The van der Waals surface area contributed by atoms with E-state index in [-0.39, 0.29) is 11.2 Å². The van der Waals surface area contributed by atoms with Crippen molar-refractivity contribution in [1.82, 2.24) is 0 Å². The zero-order chi connectivity index (χ0) is 11.6. The maximum atomic E-state index is 13.1. The second-order valence-electron chi connectivity index (χ2n) is 4.56. The lowest BCUT2D eigenvalue weighted by atomic mass is 9.80. The van der Waals surface area contributed by atoms with Crippen molar-refractivity contribution in [3.63, 3.8) is 0 Å². The predicted molar refractivity (Wildman–Crippen MR) is 60.7 cm³/mol. The Hall–Kier alpha value is -0.600. The minimum absolute atomic E-state index is 0.298. The Bertz CT molecular complexity index is 347. The lowest BCUT2D eigenvalue weighted by Gasteiger charge is -2.27. The predicted octanol–water partition coefficient (Wildman–Crippen LogP) is 3.53. The van der Waals surface area contributed by atoms with Gasteiger partial charge in [-0.15, -0.1) is 0 Å². The molecule has 0 heterocycles. The fraction of sp³-hybridized carbons (Fsp3) is 0.500. The highest BCUT2D eigenvalue weighted by atomic mass is 35.5. The third-order valence-corrected chi connectivity index (χ3v) is 2.79. The Kier molecular flexibility index (Phi) is 3.74. The van der Waals surface area contributed by atoms with Gasteiger partial charge in [-0.2, -0.15) is 0 Å². The van der Waals surface area contributed by atoms with Gasteiger partial charge in [0, 0.05) is 5.02 Å². The Morgan fingerprint density at radius 3 is 2.60 bits per heavy atom. The van der Waals surface area contributed by atoms with Crippen LogP contribution in [0.25, 0.3) is 0 Å². The van der Waals surface area contributed by atoms with Gasteiger partial charge in [0.15, 0.2) is 0 Å². The van der Waals surface area contributed by atoms with E-state index in [1.54, 1.807) is 13.0 Å². The second kappa shape index (κ2) is 4.50. The molecule has 0 saturated heterocycles. The molecule has 1 aromatic rings. The summed E-state index contributed by atoms with van der Waals surface area (Å²) >= 11 is 6.02. The van der Waals surface area contributed by atoms with Crippen molar-refractivity contribution >= 4 is 11.6 Å². The van der Waals surface area contributed by atoms with E-state index in [9.17, 15) is 9.50 Å². The van der Waals surface area contributed by atoms with Crippen LogP contribution in [-0.4, -0.2) is 11.2 Å². The standard InChI is InChI=1S/C12H16ClFO/c1-8(15)7-12(2,3)10-6-9(14)4-5-11(10)13/h4-6,8,15H,7H2,1-3H3. The summed E-state index contributed by atoms with van der Waals surface area (Å²) in [7, 11) is 0. The van der Waals surface area contributed by atoms with Crippen LogP contribution < -0.4 is 0 Å². The average molecular weight is 231 g/mol. The van der Waals surface area contributed by atoms with Crippen LogP contribution >= 0.6 is 11.6 Å². The molecule has 0 bridgehead atoms. The van der Waals surface area contributed by atoms with Gasteiger partial charge in [0.25, 0.3) is 0 Å². The fourth-order valence-corrected chi connectivity index (χ4v) is 2.24. The lowest BCUT2D eigenvalue weighted by Crippen LogP contribution is -2.23. The maximum absolute atomic E-state index is 13.1. The first-order valence-corrected chi connectivity index (χ1v) is 5.34. The number of hydrogen-bond acceptors (Lipinski definition) is 1. The molecule has 0 amide bonds. The molecule has 0 aromatic heterocycles. The minimum atomic E-state index is -0.431. The van der Waals surface area contributed by atoms with E-state index < -0.39 is 6.10 Å². The van der Waals surface area contributed by atoms with E-state index in [1.165, 1.54) is 12.1 Å². The number of rotatable bonds is 3. The van der Waals surface area contributed by atoms with E-state index in [2.05, 4.69) is 0 Å². The van der Waals surface area contributed by atoms with Crippen LogP contribution in [0.15, 0.2) is 18.2 Å². The molecule has 15 heavy (non-hydrogen) atoms. The molecule has 0 aliphatic carbocycles. The van der Waals surface area contributed by atoms with Gasteiger partial charge in [0.1, 0.15) is 5.82 Å². The van der Waals surface area contributed by atoms with Crippen molar-refractivity contribution in [1.29, 1.82) is 0 Å². The molecule has 0 aliphatic heterocycles. The molecule has 1 rings (SSSR count). The molecular formula is C12H16ClFO. The summed E-state index contributed by atoms with van der Waals surface area (Å²) < 4.78 is 13.1. The SMILES string of the molecule is CC(O)CC(C)(C)c1cc(F)ccc1Cl. The molecule has 0 saturated carbocycles. The van der Waals surface area contributed by atoms with Crippen LogP contribution in [0, 0.1) is 5.82 Å². The number of hydrogen-bond donors (Lipinski definition) is 1. The van der Waals surface area contributed by atoms with Crippen LogP contribution in [0.1, 0.15) is 32.8 Å². The summed E-state index contributed by atoms with van der Waals surface area (Å²) in [5, 5.41) is 9.92. The zero-order valence-electron chi connectivity index (χ0n) is 9.22. The molecule has 3 heteroatoms. The van der Waals surface area contributed by atoms with Gasteiger partial charge < -0.3 is 5.11 Å². The largest absolute Gasteiger partial charge is 0.393 e. The molecule has 1 aromatic carbocycles. The van der Waals surface area contributed by atoms with Crippen LogP contribution in [0.3, 0.4) is 0 Å². The molecule has 0 radical (unpaired) electrons. The van der Waals surface area contributed by atoms with Gasteiger partial charge in [0.05, 0.1) is 6.10 Å². The van der Waals surface area contributed by atoms with Crippen LogP contribution in [0.5, 0.6) is 0 Å². The summed E-state index contributed by atoms with van der Waals surface area (Å²) in [6.07, 6.45) is 0.121. The van der Waals surface area contributed by atoms with Crippen LogP contribution in [0.2, 0.25) is 5.02 Å². The molecule has 1 unspecified atom stereocenters. The zero-order valence-corrected chi connectivity index (χ0v) is 9.98. The lowest BCUT2D eigenvalue weighted by molar-refractivity contribution is 0.156. The summed E-state index contributed by atoms with van der Waals surface area (Å²) in [6, 6.07) is 4.32. The van der Waals surface area contributed by atoms with Gasteiger partial charge in [-0.05, 0) is 42.5 Å². The Labute approximate surface area is 94.9 Å². The van der Waals surface area contributed by atoms with Crippen molar-refractivity contribution in [3.8, 4) is 0 Å². The first kappa shape index (κ1) is 12.5. The van der Waals surface area contributed by atoms with Crippen molar-refractivity contribution in [2.24, 2.45) is 0 Å². The highest BCUT2D eigenvalue weighted by molar-refractivity contribution is 6.31. The van der Waals surface area contributed by atoms with Gasteiger partial charge in [-0.25, -0.2) is 4.39 Å². The summed E-state index contributed by atoms with van der Waals surface area (Å²) in [4.78, 5) is 0. The normalized spacial score (nSPS) is 14.0. The molecule has 1 atom stereocenters. The number of benzene rings is 1. The van der Waals surface area contributed by atoms with Crippen LogP contribution in [-0.2, 0) is 5.41 Å². The second-order valence-corrected chi connectivity index (χ2v) is 4.97. The quantitative estimate of drug-likeness (QED) is 0.842. The molecular weight excluding hydrogens is 215 g/mol. The van der Waals surface area contributed by atoms with Crippen molar-refractivity contribution in [2.45, 2.75) is 38.7 Å².